The molecular formula is C37H44N4O6S. The Morgan fingerprint density at radius 1 is 1.02 bits per heavy atom. The summed E-state index contributed by atoms with van der Waals surface area (Å²) in [4.78, 5) is 53.8. The molecule has 0 aliphatic rings. The molecule has 254 valence electrons. The predicted octanol–water partition coefficient (Wildman–Crippen LogP) is 6.31. The van der Waals surface area contributed by atoms with Gasteiger partial charge in [-0.1, -0.05) is 75.0 Å². The van der Waals surface area contributed by atoms with Crippen LogP contribution in [0.1, 0.15) is 84.1 Å². The lowest BCUT2D eigenvalue weighted by Crippen LogP contribution is -2.39. The Hall–Kier alpha value is -4.48. The first-order chi connectivity index (χ1) is 22.9. The highest BCUT2D eigenvalue weighted by molar-refractivity contribution is 8.13. The van der Waals surface area contributed by atoms with Crippen LogP contribution in [-0.4, -0.2) is 60.6 Å². The number of hydrogen-bond acceptors (Lipinski definition) is 7. The summed E-state index contributed by atoms with van der Waals surface area (Å²) >= 11 is 1.03. The molecule has 0 fully saturated rings. The highest BCUT2D eigenvalue weighted by Crippen LogP contribution is 2.27. The number of imidazole rings is 1. The van der Waals surface area contributed by atoms with E-state index in [2.05, 4.69) is 16.8 Å². The second-order valence-electron chi connectivity index (χ2n) is 12.5. The normalized spacial score (nSPS) is 12.6. The topological polar surface area (TPSA) is 165 Å². The molecule has 11 heteroatoms. The zero-order valence-corrected chi connectivity index (χ0v) is 28.7. The maximum Gasteiger partial charge on any atom is 0.336 e. The molecule has 0 spiro atoms. The molecule has 10 nitrogen and oxygen atoms in total. The summed E-state index contributed by atoms with van der Waals surface area (Å²) in [5.74, 6) is -0.714. The SMILES string of the molecule is CCCc1nc2c(C)cc(C(=O)NC(CSC(=O)C(N)CCC(=O)O)CC(C)C)cc2n1Cc1ccc(-c2ccccc2C(=O)O)cc1. The van der Waals surface area contributed by atoms with Gasteiger partial charge in [0, 0.05) is 36.7 Å². The van der Waals surface area contributed by atoms with Gasteiger partial charge in [-0.3, -0.25) is 14.4 Å². The molecule has 0 aliphatic heterocycles. The van der Waals surface area contributed by atoms with Crippen LogP contribution >= 0.6 is 11.8 Å². The molecule has 1 heterocycles. The van der Waals surface area contributed by atoms with Crippen molar-refractivity contribution >= 4 is 45.8 Å². The average Bonchev–Trinajstić information content (AvgIpc) is 3.39. The number of hydrogen-bond donors (Lipinski definition) is 4. The van der Waals surface area contributed by atoms with Crippen LogP contribution < -0.4 is 11.1 Å². The van der Waals surface area contributed by atoms with Crippen molar-refractivity contribution in [1.29, 1.82) is 0 Å². The zero-order valence-electron chi connectivity index (χ0n) is 27.9. The fourth-order valence-corrected chi connectivity index (χ4v) is 6.67. The summed E-state index contributed by atoms with van der Waals surface area (Å²) in [6.45, 7) is 8.66. The van der Waals surface area contributed by atoms with Crippen LogP contribution in [-0.2, 0) is 22.6 Å². The third-order valence-electron chi connectivity index (χ3n) is 8.11. The number of carbonyl (C=O) groups is 4. The molecule has 0 saturated heterocycles. The van der Waals surface area contributed by atoms with Crippen LogP contribution in [0, 0.1) is 12.8 Å². The monoisotopic (exact) mass is 672 g/mol. The van der Waals surface area contributed by atoms with E-state index in [1.54, 1.807) is 18.2 Å². The van der Waals surface area contributed by atoms with E-state index in [0.29, 0.717) is 29.8 Å². The molecule has 2 atom stereocenters. The van der Waals surface area contributed by atoms with E-state index in [1.165, 1.54) is 0 Å². The number of carbonyl (C=O) groups excluding carboxylic acids is 2. The fourth-order valence-electron chi connectivity index (χ4n) is 5.75. The van der Waals surface area contributed by atoms with E-state index < -0.39 is 18.0 Å². The molecule has 4 rings (SSSR count). The molecule has 0 radical (unpaired) electrons. The van der Waals surface area contributed by atoms with Crippen molar-refractivity contribution in [2.24, 2.45) is 11.7 Å². The van der Waals surface area contributed by atoms with Crippen LogP contribution in [0.5, 0.6) is 0 Å². The quantitative estimate of drug-likeness (QED) is 0.107. The maximum atomic E-state index is 13.7. The molecule has 5 N–H and O–H groups in total. The summed E-state index contributed by atoms with van der Waals surface area (Å²) in [5.41, 5.74) is 11.7. The number of nitrogens with zero attached hydrogens (tertiary/aromatic N) is 2. The van der Waals surface area contributed by atoms with Crippen molar-refractivity contribution in [1.82, 2.24) is 14.9 Å². The molecule has 0 aliphatic carbocycles. The summed E-state index contributed by atoms with van der Waals surface area (Å²) in [6.07, 6.45) is 2.20. The lowest BCUT2D eigenvalue weighted by Gasteiger charge is -2.21. The van der Waals surface area contributed by atoms with Gasteiger partial charge in [0.05, 0.1) is 22.6 Å². The third kappa shape index (κ3) is 9.32. The molecule has 4 aromatic rings. The van der Waals surface area contributed by atoms with Gasteiger partial charge in [0.15, 0.2) is 0 Å². The van der Waals surface area contributed by atoms with Crippen molar-refractivity contribution in [2.75, 3.05) is 5.75 Å². The zero-order chi connectivity index (χ0) is 35.0. The lowest BCUT2D eigenvalue weighted by atomic mass is 9.98. The van der Waals surface area contributed by atoms with Crippen LogP contribution in [0.25, 0.3) is 22.2 Å². The Morgan fingerprint density at radius 2 is 1.73 bits per heavy atom. The standard InChI is InChI=1S/C37H44N4O6S/c1-5-8-32-40-34-23(4)18-26(35(44)39-27(17-22(2)3)21-48-37(47)30(38)15-16-33(42)43)19-31(34)41(32)20-24-11-13-25(14-12-24)28-9-6-7-10-29(28)36(45)46/h6-7,9-14,18-19,22,27,30H,5,8,15-17,20-21,38H2,1-4H3,(H,39,44)(H,42,43)(H,45,46). The number of nitrogens with one attached hydrogen (secondary N) is 1. The highest BCUT2D eigenvalue weighted by atomic mass is 32.2. The largest absolute Gasteiger partial charge is 0.481 e. The molecule has 2 unspecified atom stereocenters. The Balaban J connectivity index is 1.58. The number of aliphatic carboxylic acids is 1. The number of carboxylic acid groups (broad SMARTS) is 2. The van der Waals surface area contributed by atoms with Crippen molar-refractivity contribution < 1.29 is 29.4 Å². The van der Waals surface area contributed by atoms with Gasteiger partial charge in [0.1, 0.15) is 5.82 Å². The van der Waals surface area contributed by atoms with E-state index in [-0.39, 0.29) is 41.4 Å². The maximum absolute atomic E-state index is 13.7. The highest BCUT2D eigenvalue weighted by Gasteiger charge is 2.22. The van der Waals surface area contributed by atoms with Crippen molar-refractivity contribution in [3.8, 4) is 11.1 Å². The first-order valence-electron chi connectivity index (χ1n) is 16.2. The van der Waals surface area contributed by atoms with E-state index in [0.717, 1.165) is 58.2 Å². The number of aryl methyl sites for hydroxylation is 2. The third-order valence-corrected chi connectivity index (χ3v) is 9.27. The number of fused-ring (bicyclic) bond motifs is 1. The van der Waals surface area contributed by atoms with E-state index in [4.69, 9.17) is 15.8 Å². The first-order valence-corrected chi connectivity index (χ1v) is 17.2. The number of aromatic nitrogens is 2. The van der Waals surface area contributed by atoms with Gasteiger partial charge >= 0.3 is 11.9 Å². The molecular weight excluding hydrogens is 628 g/mol. The first kappa shape index (κ1) is 36.4. The minimum atomic E-state index is -0.999. The molecule has 0 bridgehead atoms. The smallest absolute Gasteiger partial charge is 0.336 e. The van der Waals surface area contributed by atoms with Gasteiger partial charge < -0.3 is 25.8 Å². The van der Waals surface area contributed by atoms with Gasteiger partial charge in [-0.05, 0) is 72.6 Å². The molecule has 1 aromatic heterocycles. The Morgan fingerprint density at radius 3 is 2.38 bits per heavy atom. The summed E-state index contributed by atoms with van der Waals surface area (Å²) in [5, 5.41) is 21.4. The number of rotatable bonds is 16. The van der Waals surface area contributed by atoms with Crippen molar-refractivity contribution in [3.63, 3.8) is 0 Å². The van der Waals surface area contributed by atoms with Gasteiger partial charge in [-0.15, -0.1) is 0 Å². The number of benzene rings is 3. The number of nitrogens with two attached hydrogens (primary N) is 1. The minimum Gasteiger partial charge on any atom is -0.481 e. The number of amides is 1. The van der Waals surface area contributed by atoms with Crippen molar-refractivity contribution in [3.05, 3.63) is 88.7 Å². The van der Waals surface area contributed by atoms with Gasteiger partial charge in [0.2, 0.25) is 5.12 Å². The second kappa shape index (κ2) is 16.6. The summed E-state index contributed by atoms with van der Waals surface area (Å²) < 4.78 is 2.14. The Bertz CT molecular complexity index is 1780. The van der Waals surface area contributed by atoms with Gasteiger partial charge in [-0.2, -0.15) is 0 Å². The van der Waals surface area contributed by atoms with Crippen LogP contribution in [0.2, 0.25) is 0 Å². The fraction of sp³-hybridized carbons (Fsp3) is 0.378. The predicted molar refractivity (Wildman–Crippen MR) is 189 cm³/mol. The van der Waals surface area contributed by atoms with Crippen LogP contribution in [0.4, 0.5) is 0 Å². The van der Waals surface area contributed by atoms with Gasteiger partial charge in [0.25, 0.3) is 5.91 Å². The molecule has 0 saturated carbocycles. The molecule has 1 amide bonds. The minimum absolute atomic E-state index is 0.0676. The summed E-state index contributed by atoms with van der Waals surface area (Å²) in [7, 11) is 0. The number of carboxylic acids is 2. The van der Waals surface area contributed by atoms with E-state index in [1.807, 2.05) is 63.2 Å². The van der Waals surface area contributed by atoms with Crippen LogP contribution in [0.3, 0.4) is 0 Å². The molecule has 48 heavy (non-hydrogen) atoms. The van der Waals surface area contributed by atoms with Gasteiger partial charge in [-0.25, -0.2) is 9.78 Å². The number of aromatic carboxylic acids is 1. The number of thioether (sulfide) groups is 1. The Kier molecular flexibility index (Phi) is 12.5. The van der Waals surface area contributed by atoms with Crippen LogP contribution in [0.15, 0.2) is 60.7 Å². The average molecular weight is 673 g/mol. The summed E-state index contributed by atoms with van der Waals surface area (Å²) in [6, 6.07) is 17.3. The molecule has 3 aromatic carbocycles. The van der Waals surface area contributed by atoms with E-state index >= 15 is 0 Å². The second-order valence-corrected chi connectivity index (χ2v) is 13.6. The van der Waals surface area contributed by atoms with E-state index in [9.17, 15) is 24.3 Å². The lowest BCUT2D eigenvalue weighted by molar-refractivity contribution is -0.137. The Labute approximate surface area is 285 Å². The van der Waals surface area contributed by atoms with Crippen molar-refractivity contribution in [2.45, 2.75) is 78.4 Å².